The van der Waals surface area contributed by atoms with Gasteiger partial charge in [0, 0.05) is 25.2 Å². The van der Waals surface area contributed by atoms with Crippen molar-refractivity contribution in [3.8, 4) is 23.1 Å². The maximum absolute atomic E-state index is 12.6. The van der Waals surface area contributed by atoms with Crippen LogP contribution < -0.4 is 14.2 Å². The van der Waals surface area contributed by atoms with Gasteiger partial charge in [-0.05, 0) is 57.5 Å². The molecular weight excluding hydrogens is 496 g/mol. The highest BCUT2D eigenvalue weighted by atomic mass is 16.6. The number of fused-ring (bicyclic) bond motifs is 1. The number of nitrogens with zero attached hydrogens (tertiary/aromatic N) is 4. The molecule has 1 atom stereocenters. The first kappa shape index (κ1) is 26.3. The lowest BCUT2D eigenvalue weighted by atomic mass is 10.2. The molecule has 0 radical (unpaired) electrons. The highest BCUT2D eigenvalue weighted by molar-refractivity contribution is 5.88. The second-order valence-corrected chi connectivity index (χ2v) is 10.7. The third kappa shape index (κ3) is 6.25. The Morgan fingerprint density at radius 3 is 2.44 bits per heavy atom. The van der Waals surface area contributed by atoms with Crippen molar-refractivity contribution >= 4 is 17.1 Å². The normalized spacial score (nSPS) is 15.4. The van der Waals surface area contributed by atoms with Crippen LogP contribution in [0.2, 0.25) is 0 Å². The summed E-state index contributed by atoms with van der Waals surface area (Å²) in [5, 5.41) is 5.51. The van der Waals surface area contributed by atoms with Crippen molar-refractivity contribution in [2.45, 2.75) is 52.4 Å². The fraction of sp³-hybridized carbons (Fsp3) is 0.367. The first-order chi connectivity index (χ1) is 18.7. The van der Waals surface area contributed by atoms with Gasteiger partial charge in [0.25, 0.3) is 0 Å². The Hall–Kier alpha value is -4.27. The summed E-state index contributed by atoms with van der Waals surface area (Å²) >= 11 is 0. The number of rotatable bonds is 7. The summed E-state index contributed by atoms with van der Waals surface area (Å²) in [6.07, 6.45) is 1.80. The van der Waals surface area contributed by atoms with Crippen LogP contribution in [0.3, 0.4) is 0 Å². The Labute approximate surface area is 228 Å². The fourth-order valence-electron chi connectivity index (χ4n) is 4.43. The van der Waals surface area contributed by atoms with E-state index in [-0.39, 0.29) is 12.2 Å². The number of carbonyl (C=O) groups is 1. The lowest BCUT2D eigenvalue weighted by Gasteiger charge is -2.24. The Balaban J connectivity index is 1.45. The van der Waals surface area contributed by atoms with E-state index in [1.807, 2.05) is 87.0 Å². The Morgan fingerprint density at radius 2 is 1.74 bits per heavy atom. The van der Waals surface area contributed by atoms with Crippen molar-refractivity contribution < 1.29 is 23.7 Å². The molecule has 0 N–H and O–H groups in total. The second kappa shape index (κ2) is 10.8. The molecule has 9 heteroatoms. The first-order valence-corrected chi connectivity index (χ1v) is 13.1. The molecule has 0 unspecified atom stereocenters. The lowest BCUT2D eigenvalue weighted by molar-refractivity contribution is 0.0275. The minimum absolute atomic E-state index is 0.238. The molecule has 1 fully saturated rings. The van der Waals surface area contributed by atoms with Crippen LogP contribution in [0.4, 0.5) is 4.79 Å². The molecule has 0 spiro atoms. The molecule has 9 nitrogen and oxygen atoms in total. The van der Waals surface area contributed by atoms with Crippen molar-refractivity contribution in [2.24, 2.45) is 0 Å². The largest absolute Gasteiger partial charge is 0.497 e. The second-order valence-electron chi connectivity index (χ2n) is 10.7. The van der Waals surface area contributed by atoms with E-state index in [1.54, 1.807) is 18.2 Å². The zero-order valence-electron chi connectivity index (χ0n) is 23.0. The monoisotopic (exact) mass is 530 g/mol. The zero-order valence-corrected chi connectivity index (χ0v) is 23.0. The van der Waals surface area contributed by atoms with Crippen LogP contribution in [0, 0.1) is 6.92 Å². The van der Waals surface area contributed by atoms with Gasteiger partial charge in [-0.25, -0.2) is 14.5 Å². The van der Waals surface area contributed by atoms with Crippen LogP contribution >= 0.6 is 0 Å². The fourth-order valence-corrected chi connectivity index (χ4v) is 4.43. The van der Waals surface area contributed by atoms with Crippen LogP contribution in [0.1, 0.15) is 38.3 Å². The van der Waals surface area contributed by atoms with E-state index in [2.05, 4.69) is 4.98 Å². The van der Waals surface area contributed by atoms with Gasteiger partial charge in [0.2, 0.25) is 5.88 Å². The quantitative estimate of drug-likeness (QED) is 0.291. The summed E-state index contributed by atoms with van der Waals surface area (Å²) < 4.78 is 25.4. The molecular formula is C30H34N4O5. The molecule has 4 aromatic rings. The molecule has 0 aliphatic carbocycles. The molecule has 1 saturated heterocycles. The molecule has 3 heterocycles. The van der Waals surface area contributed by atoms with Gasteiger partial charge < -0.3 is 23.8 Å². The van der Waals surface area contributed by atoms with E-state index in [0.29, 0.717) is 54.5 Å². The number of likely N-dealkylation sites (tertiary alicyclic amines) is 1. The van der Waals surface area contributed by atoms with Crippen molar-refractivity contribution in [3.63, 3.8) is 0 Å². The third-order valence-corrected chi connectivity index (χ3v) is 6.38. The molecule has 39 heavy (non-hydrogen) atoms. The number of aryl methyl sites for hydroxylation is 1. The number of hydrogen-bond acceptors (Lipinski definition) is 7. The Morgan fingerprint density at radius 1 is 1.03 bits per heavy atom. The Bertz CT molecular complexity index is 1440. The van der Waals surface area contributed by atoms with Crippen molar-refractivity contribution in [1.29, 1.82) is 0 Å². The van der Waals surface area contributed by atoms with E-state index >= 15 is 0 Å². The van der Waals surface area contributed by atoms with Crippen LogP contribution in [0.5, 0.6) is 23.1 Å². The summed E-state index contributed by atoms with van der Waals surface area (Å²) in [6.45, 7) is 9.06. The van der Waals surface area contributed by atoms with Crippen molar-refractivity contribution in [2.75, 3.05) is 20.2 Å². The number of hydrogen-bond donors (Lipinski definition) is 0. The van der Waals surface area contributed by atoms with Gasteiger partial charge >= 0.3 is 6.09 Å². The van der Waals surface area contributed by atoms with E-state index in [0.717, 1.165) is 16.9 Å². The molecule has 0 saturated carbocycles. The molecule has 1 aliphatic rings. The topological polar surface area (TPSA) is 87.9 Å². The number of carbonyl (C=O) groups excluding carboxylic acids is 1. The summed E-state index contributed by atoms with van der Waals surface area (Å²) in [6, 6.07) is 17.5. The maximum atomic E-state index is 12.6. The van der Waals surface area contributed by atoms with Crippen LogP contribution in [-0.4, -0.2) is 57.7 Å². The minimum Gasteiger partial charge on any atom is -0.497 e. The lowest BCUT2D eigenvalue weighted by Crippen LogP contribution is -2.36. The van der Waals surface area contributed by atoms with Crippen LogP contribution in [0.15, 0.2) is 60.8 Å². The van der Waals surface area contributed by atoms with Gasteiger partial charge in [-0.2, -0.15) is 0 Å². The molecule has 5 rings (SSSR count). The first-order valence-electron chi connectivity index (χ1n) is 13.1. The highest BCUT2D eigenvalue weighted by Crippen LogP contribution is 2.37. The van der Waals surface area contributed by atoms with Gasteiger partial charge in [0.05, 0.1) is 20.2 Å². The number of methoxy groups -OCH3 is 1. The predicted octanol–water partition coefficient (Wildman–Crippen LogP) is 5.98. The SMILES string of the molecule is COc1ccc(Cn2nc(O[C@@H]3CCN(C(=O)OC(C)(C)C)C3)c3c(Oc4ccc(C)cc4)ccnc32)cc1. The summed E-state index contributed by atoms with van der Waals surface area (Å²) in [5.74, 6) is 2.52. The van der Waals surface area contributed by atoms with E-state index in [1.165, 1.54) is 0 Å². The van der Waals surface area contributed by atoms with Gasteiger partial charge in [-0.15, -0.1) is 5.10 Å². The number of aromatic nitrogens is 3. The van der Waals surface area contributed by atoms with E-state index in [4.69, 9.17) is 24.0 Å². The maximum Gasteiger partial charge on any atom is 0.410 e. The van der Waals surface area contributed by atoms with Crippen LogP contribution in [0.25, 0.3) is 11.0 Å². The zero-order chi connectivity index (χ0) is 27.6. The van der Waals surface area contributed by atoms with Crippen molar-refractivity contribution in [3.05, 3.63) is 71.9 Å². The van der Waals surface area contributed by atoms with E-state index < -0.39 is 5.60 Å². The number of ether oxygens (including phenoxy) is 4. The summed E-state index contributed by atoms with van der Waals surface area (Å²) in [7, 11) is 1.64. The average Bonchev–Trinajstić information content (AvgIpc) is 3.51. The molecule has 2 aromatic heterocycles. The smallest absolute Gasteiger partial charge is 0.410 e. The molecule has 2 aromatic carbocycles. The van der Waals surface area contributed by atoms with Crippen LogP contribution in [-0.2, 0) is 11.3 Å². The molecule has 1 aliphatic heterocycles. The van der Waals surface area contributed by atoms with Gasteiger partial charge in [-0.1, -0.05) is 29.8 Å². The van der Waals surface area contributed by atoms with Gasteiger partial charge in [-0.3, -0.25) is 0 Å². The summed E-state index contributed by atoms with van der Waals surface area (Å²) in [4.78, 5) is 18.9. The highest BCUT2D eigenvalue weighted by Gasteiger charge is 2.32. The molecule has 0 bridgehead atoms. The standard InChI is InChI=1S/C30H34N4O5/c1-20-6-10-23(11-7-20)37-25-14-16-31-27-26(25)28(32-34(27)18-21-8-12-22(36-5)13-9-21)38-24-15-17-33(19-24)29(35)39-30(2,3)4/h6-14,16,24H,15,17-19H2,1-5H3/t24-/m1/s1. The van der Waals surface area contributed by atoms with Gasteiger partial charge in [0.15, 0.2) is 5.65 Å². The average molecular weight is 531 g/mol. The summed E-state index contributed by atoms with van der Waals surface area (Å²) in [5.41, 5.74) is 2.28. The number of pyridine rings is 1. The minimum atomic E-state index is -0.555. The van der Waals surface area contributed by atoms with Crippen molar-refractivity contribution in [1.82, 2.24) is 19.7 Å². The van der Waals surface area contributed by atoms with E-state index in [9.17, 15) is 4.79 Å². The van der Waals surface area contributed by atoms with Gasteiger partial charge in [0.1, 0.15) is 34.3 Å². The Kier molecular flexibility index (Phi) is 7.32. The molecule has 1 amide bonds. The third-order valence-electron chi connectivity index (χ3n) is 6.38. The number of benzene rings is 2. The number of amides is 1. The molecule has 204 valence electrons. The predicted molar refractivity (Wildman–Crippen MR) is 148 cm³/mol.